The lowest BCUT2D eigenvalue weighted by Crippen LogP contribution is -2.26. The van der Waals surface area contributed by atoms with Crippen molar-refractivity contribution in [3.8, 4) is 0 Å². The minimum absolute atomic E-state index is 0.138. The topological polar surface area (TPSA) is 38.9 Å². The van der Waals surface area contributed by atoms with Crippen LogP contribution >= 0.6 is 0 Å². The minimum atomic E-state index is 0.138. The lowest BCUT2D eigenvalue weighted by atomic mass is 9.91. The van der Waals surface area contributed by atoms with Crippen molar-refractivity contribution in [3.05, 3.63) is 29.6 Å². The summed E-state index contributed by atoms with van der Waals surface area (Å²) in [5.74, 6) is 0. The Hall–Kier alpha value is -0.890. The summed E-state index contributed by atoms with van der Waals surface area (Å²) in [6.07, 6.45) is 3.05. The van der Waals surface area contributed by atoms with E-state index in [1.807, 2.05) is 12.3 Å². The molecule has 1 unspecified atom stereocenters. The Kier molecular flexibility index (Phi) is 1.93. The summed E-state index contributed by atoms with van der Waals surface area (Å²) in [6.45, 7) is 7.34. The smallest absolute Gasteiger partial charge is 0.0486 e. The molecule has 1 atom stereocenters. The highest BCUT2D eigenvalue weighted by molar-refractivity contribution is 5.34. The van der Waals surface area contributed by atoms with Gasteiger partial charge in [0.05, 0.1) is 0 Å². The summed E-state index contributed by atoms with van der Waals surface area (Å²) < 4.78 is 0. The summed E-state index contributed by atoms with van der Waals surface area (Å²) in [5, 5.41) is 0. The fourth-order valence-electron chi connectivity index (χ4n) is 2.40. The van der Waals surface area contributed by atoms with Crippen molar-refractivity contribution in [1.29, 1.82) is 0 Å². The first-order chi connectivity index (χ1) is 6.52. The largest absolute Gasteiger partial charge is 0.330 e. The predicted molar refractivity (Wildman–Crippen MR) is 58.1 cm³/mol. The number of aryl methyl sites for hydroxylation is 1. The zero-order valence-electron chi connectivity index (χ0n) is 9.17. The zero-order valence-corrected chi connectivity index (χ0v) is 9.17. The van der Waals surface area contributed by atoms with Crippen LogP contribution in [0.3, 0.4) is 0 Å². The molecular formula is C12H18N2. The molecule has 2 nitrogen and oxygen atoms in total. The number of rotatable bonds is 2. The van der Waals surface area contributed by atoms with Gasteiger partial charge in [-0.3, -0.25) is 4.98 Å². The van der Waals surface area contributed by atoms with Crippen LogP contribution in [0.2, 0.25) is 0 Å². The van der Waals surface area contributed by atoms with Gasteiger partial charge in [-0.2, -0.15) is 0 Å². The molecule has 0 aromatic carbocycles. The van der Waals surface area contributed by atoms with Crippen LogP contribution in [0.1, 0.15) is 31.5 Å². The molecule has 1 heterocycles. The highest BCUT2D eigenvalue weighted by Crippen LogP contribution is 2.63. The van der Waals surface area contributed by atoms with Crippen LogP contribution in [-0.2, 0) is 5.41 Å². The molecule has 0 saturated heterocycles. The normalized spacial score (nSPS) is 28.9. The second kappa shape index (κ2) is 2.80. The van der Waals surface area contributed by atoms with Crippen molar-refractivity contribution < 1.29 is 0 Å². The second-order valence-corrected chi connectivity index (χ2v) is 5.07. The summed E-state index contributed by atoms with van der Waals surface area (Å²) in [7, 11) is 0. The van der Waals surface area contributed by atoms with E-state index in [0.29, 0.717) is 12.0 Å². The molecule has 76 valence electrons. The molecule has 1 aromatic heterocycles. The van der Waals surface area contributed by atoms with Gasteiger partial charge in [-0.15, -0.1) is 0 Å². The summed E-state index contributed by atoms with van der Waals surface area (Å²) in [4.78, 5) is 4.46. The molecule has 1 aliphatic rings. The molecule has 2 N–H and O–H groups in total. The van der Waals surface area contributed by atoms with Gasteiger partial charge in [0.2, 0.25) is 0 Å². The van der Waals surface area contributed by atoms with E-state index in [4.69, 9.17) is 5.73 Å². The molecule has 0 bridgehead atoms. The number of pyridine rings is 1. The average molecular weight is 190 g/mol. The van der Waals surface area contributed by atoms with Gasteiger partial charge in [0, 0.05) is 23.9 Å². The molecule has 0 amide bonds. The first kappa shape index (κ1) is 9.66. The van der Waals surface area contributed by atoms with Crippen LogP contribution in [0.4, 0.5) is 0 Å². The quantitative estimate of drug-likeness (QED) is 0.775. The van der Waals surface area contributed by atoms with Gasteiger partial charge in [0.15, 0.2) is 0 Å². The van der Waals surface area contributed by atoms with Crippen molar-refractivity contribution in [2.24, 2.45) is 11.1 Å². The van der Waals surface area contributed by atoms with E-state index in [2.05, 4.69) is 31.8 Å². The third-order valence-corrected chi connectivity index (χ3v) is 3.67. The maximum Gasteiger partial charge on any atom is 0.0486 e. The van der Waals surface area contributed by atoms with Crippen molar-refractivity contribution in [2.75, 3.05) is 6.54 Å². The first-order valence-corrected chi connectivity index (χ1v) is 5.15. The van der Waals surface area contributed by atoms with E-state index < -0.39 is 0 Å². The summed E-state index contributed by atoms with van der Waals surface area (Å²) in [5.41, 5.74) is 8.79. The molecule has 2 heteroatoms. The Morgan fingerprint density at radius 2 is 2.14 bits per heavy atom. The van der Waals surface area contributed by atoms with Gasteiger partial charge in [-0.05, 0) is 36.5 Å². The molecule has 1 aliphatic carbocycles. The average Bonchev–Trinajstić information content (AvgIpc) is 2.70. The van der Waals surface area contributed by atoms with Gasteiger partial charge in [0.1, 0.15) is 0 Å². The highest BCUT2D eigenvalue weighted by atomic mass is 14.8. The van der Waals surface area contributed by atoms with Crippen LogP contribution < -0.4 is 5.73 Å². The number of nitrogens with two attached hydrogens (primary N) is 1. The van der Waals surface area contributed by atoms with E-state index in [1.54, 1.807) is 0 Å². The number of nitrogens with zero attached hydrogens (tertiary/aromatic N) is 1. The first-order valence-electron chi connectivity index (χ1n) is 5.15. The maximum atomic E-state index is 5.89. The van der Waals surface area contributed by atoms with Gasteiger partial charge >= 0.3 is 0 Å². The Balaban J connectivity index is 2.40. The van der Waals surface area contributed by atoms with Crippen LogP contribution in [0.15, 0.2) is 18.3 Å². The SMILES string of the molecule is Cc1ccnc(C2(CN)CC2(C)C)c1. The van der Waals surface area contributed by atoms with Crippen LogP contribution in [0.5, 0.6) is 0 Å². The van der Waals surface area contributed by atoms with Gasteiger partial charge < -0.3 is 5.73 Å². The molecule has 0 aliphatic heterocycles. The molecular weight excluding hydrogens is 172 g/mol. The lowest BCUT2D eigenvalue weighted by Gasteiger charge is -2.18. The van der Waals surface area contributed by atoms with E-state index in [9.17, 15) is 0 Å². The van der Waals surface area contributed by atoms with E-state index >= 15 is 0 Å². The fraction of sp³-hybridized carbons (Fsp3) is 0.583. The maximum absolute atomic E-state index is 5.89. The standard InChI is InChI=1S/C12H18N2/c1-9-4-5-14-10(6-9)12(8-13)7-11(12,2)3/h4-6H,7-8,13H2,1-3H3. The molecule has 1 aromatic rings. The van der Waals surface area contributed by atoms with Crippen LogP contribution in [0, 0.1) is 12.3 Å². The Morgan fingerprint density at radius 3 is 2.57 bits per heavy atom. The molecule has 1 saturated carbocycles. The van der Waals surface area contributed by atoms with Crippen molar-refractivity contribution in [2.45, 2.75) is 32.6 Å². The number of hydrogen-bond donors (Lipinski definition) is 1. The predicted octanol–water partition coefficient (Wildman–Crippen LogP) is 2.02. The number of aromatic nitrogens is 1. The van der Waals surface area contributed by atoms with Gasteiger partial charge in [-0.25, -0.2) is 0 Å². The summed E-state index contributed by atoms with van der Waals surface area (Å²) >= 11 is 0. The zero-order chi connectivity index (χ0) is 10.4. The Morgan fingerprint density at radius 1 is 1.50 bits per heavy atom. The van der Waals surface area contributed by atoms with Gasteiger partial charge in [0.25, 0.3) is 0 Å². The van der Waals surface area contributed by atoms with Crippen LogP contribution in [0.25, 0.3) is 0 Å². The highest BCUT2D eigenvalue weighted by Gasteiger charge is 2.61. The Labute approximate surface area is 85.5 Å². The molecule has 0 radical (unpaired) electrons. The monoisotopic (exact) mass is 190 g/mol. The molecule has 0 spiro atoms. The van der Waals surface area contributed by atoms with Gasteiger partial charge in [-0.1, -0.05) is 13.8 Å². The molecule has 14 heavy (non-hydrogen) atoms. The van der Waals surface area contributed by atoms with E-state index in [-0.39, 0.29) is 5.41 Å². The Bertz CT molecular complexity index is 357. The van der Waals surface area contributed by atoms with E-state index in [1.165, 1.54) is 11.3 Å². The third kappa shape index (κ3) is 1.17. The third-order valence-electron chi connectivity index (χ3n) is 3.67. The van der Waals surface area contributed by atoms with Crippen LogP contribution in [-0.4, -0.2) is 11.5 Å². The molecule has 2 rings (SSSR count). The molecule has 1 fully saturated rings. The van der Waals surface area contributed by atoms with Crippen molar-refractivity contribution >= 4 is 0 Å². The minimum Gasteiger partial charge on any atom is -0.330 e. The number of hydrogen-bond acceptors (Lipinski definition) is 2. The lowest BCUT2D eigenvalue weighted by molar-refractivity contribution is 0.493. The van der Waals surface area contributed by atoms with Crippen molar-refractivity contribution in [3.63, 3.8) is 0 Å². The fourth-order valence-corrected chi connectivity index (χ4v) is 2.40. The summed E-state index contributed by atoms with van der Waals surface area (Å²) in [6, 6.07) is 4.20. The van der Waals surface area contributed by atoms with E-state index in [0.717, 1.165) is 6.42 Å². The van der Waals surface area contributed by atoms with Crippen molar-refractivity contribution in [1.82, 2.24) is 4.98 Å². The second-order valence-electron chi connectivity index (χ2n) is 5.07.